The molecule has 1 aliphatic rings. The minimum Gasteiger partial charge on any atom is -0.379 e. The first-order valence-electron chi connectivity index (χ1n) is 5.05. The van der Waals surface area contributed by atoms with Crippen LogP contribution < -0.4 is 16.0 Å². The van der Waals surface area contributed by atoms with Crippen LogP contribution in [-0.4, -0.2) is 44.3 Å². The number of urea groups is 1. The monoisotopic (exact) mass is 215 g/mol. The highest BCUT2D eigenvalue weighted by atomic mass is 16.5. The average Bonchev–Trinajstić information content (AvgIpc) is 2.64. The van der Waals surface area contributed by atoms with E-state index >= 15 is 0 Å². The normalized spacial score (nSPS) is 19.7. The predicted octanol–water partition coefficient (Wildman–Crippen LogP) is -0.789. The van der Waals surface area contributed by atoms with Gasteiger partial charge in [0.25, 0.3) is 0 Å². The second-order valence-electron chi connectivity index (χ2n) is 3.44. The number of rotatable bonds is 4. The molecule has 1 heterocycles. The molecule has 0 aromatic carbocycles. The Hall–Kier alpha value is -1.30. The first-order chi connectivity index (χ1) is 7.18. The van der Waals surface area contributed by atoms with Gasteiger partial charge in [0.15, 0.2) is 0 Å². The van der Waals surface area contributed by atoms with E-state index in [1.54, 1.807) is 0 Å². The Bertz CT molecular complexity index is 227. The van der Waals surface area contributed by atoms with Crippen molar-refractivity contribution < 1.29 is 14.3 Å². The van der Waals surface area contributed by atoms with Crippen molar-refractivity contribution in [1.29, 1.82) is 0 Å². The van der Waals surface area contributed by atoms with Gasteiger partial charge in [0.05, 0.1) is 12.6 Å². The van der Waals surface area contributed by atoms with Gasteiger partial charge in [-0.25, -0.2) is 4.79 Å². The lowest BCUT2D eigenvalue weighted by Crippen LogP contribution is -2.44. The molecule has 0 aromatic rings. The third-order valence-electron chi connectivity index (χ3n) is 2.05. The summed E-state index contributed by atoms with van der Waals surface area (Å²) in [6.45, 7) is 3.61. The van der Waals surface area contributed by atoms with Crippen molar-refractivity contribution in [2.24, 2.45) is 0 Å². The van der Waals surface area contributed by atoms with Gasteiger partial charge in [-0.05, 0) is 6.42 Å². The van der Waals surface area contributed by atoms with Gasteiger partial charge in [-0.1, -0.05) is 0 Å². The molecule has 1 atom stereocenters. The predicted molar refractivity (Wildman–Crippen MR) is 54.4 cm³/mol. The van der Waals surface area contributed by atoms with E-state index in [-0.39, 0.29) is 18.0 Å². The molecule has 6 heteroatoms. The molecule has 86 valence electrons. The Morgan fingerprint density at radius 2 is 2.07 bits per heavy atom. The second kappa shape index (κ2) is 6.23. The lowest BCUT2D eigenvalue weighted by atomic mass is 10.3. The Morgan fingerprint density at radius 3 is 2.67 bits per heavy atom. The van der Waals surface area contributed by atoms with Gasteiger partial charge in [-0.3, -0.25) is 4.79 Å². The van der Waals surface area contributed by atoms with Crippen LogP contribution in [0.2, 0.25) is 0 Å². The number of hydrogen-bond donors (Lipinski definition) is 3. The first kappa shape index (κ1) is 11.8. The van der Waals surface area contributed by atoms with E-state index in [0.717, 1.165) is 6.42 Å². The largest absolute Gasteiger partial charge is 0.379 e. The second-order valence-corrected chi connectivity index (χ2v) is 3.44. The highest BCUT2D eigenvalue weighted by Gasteiger charge is 2.16. The molecule has 15 heavy (non-hydrogen) atoms. The van der Waals surface area contributed by atoms with Crippen LogP contribution in [0.1, 0.15) is 13.3 Å². The highest BCUT2D eigenvalue weighted by Crippen LogP contribution is 2.02. The third kappa shape index (κ3) is 5.21. The van der Waals surface area contributed by atoms with E-state index in [1.807, 2.05) is 0 Å². The van der Waals surface area contributed by atoms with Gasteiger partial charge >= 0.3 is 6.03 Å². The summed E-state index contributed by atoms with van der Waals surface area (Å²) in [4.78, 5) is 21.8. The summed E-state index contributed by atoms with van der Waals surface area (Å²) in [7, 11) is 0. The highest BCUT2D eigenvalue weighted by molar-refractivity contribution is 5.74. The summed E-state index contributed by atoms with van der Waals surface area (Å²) in [5.74, 6) is -0.0959. The SMILES string of the molecule is CC(=O)NCCNC(=O)NC1CCOC1. The van der Waals surface area contributed by atoms with Crippen LogP contribution in [0, 0.1) is 0 Å². The van der Waals surface area contributed by atoms with Gasteiger partial charge in [0.2, 0.25) is 5.91 Å². The Kier molecular flexibility index (Phi) is 4.89. The van der Waals surface area contributed by atoms with E-state index in [9.17, 15) is 9.59 Å². The summed E-state index contributed by atoms with van der Waals surface area (Å²) in [6, 6.07) is -0.0957. The van der Waals surface area contributed by atoms with Crippen LogP contribution >= 0.6 is 0 Å². The van der Waals surface area contributed by atoms with Crippen LogP contribution in [0.5, 0.6) is 0 Å². The van der Waals surface area contributed by atoms with Crippen molar-refractivity contribution in [3.8, 4) is 0 Å². The molecule has 1 aliphatic heterocycles. The van der Waals surface area contributed by atoms with E-state index in [4.69, 9.17) is 4.74 Å². The molecule has 1 saturated heterocycles. The fourth-order valence-corrected chi connectivity index (χ4v) is 1.30. The van der Waals surface area contributed by atoms with E-state index in [0.29, 0.717) is 26.3 Å². The van der Waals surface area contributed by atoms with Crippen molar-refractivity contribution >= 4 is 11.9 Å². The van der Waals surface area contributed by atoms with Crippen molar-refractivity contribution in [1.82, 2.24) is 16.0 Å². The van der Waals surface area contributed by atoms with Crippen molar-refractivity contribution in [2.45, 2.75) is 19.4 Å². The average molecular weight is 215 g/mol. The smallest absolute Gasteiger partial charge is 0.315 e. The molecular formula is C9H17N3O3. The minimum atomic E-state index is -0.212. The molecule has 1 rings (SSSR count). The first-order valence-corrected chi connectivity index (χ1v) is 5.05. The van der Waals surface area contributed by atoms with Crippen LogP contribution in [0.4, 0.5) is 4.79 Å². The summed E-state index contributed by atoms with van der Waals surface area (Å²) in [5.41, 5.74) is 0. The van der Waals surface area contributed by atoms with Crippen molar-refractivity contribution in [3.05, 3.63) is 0 Å². The molecular weight excluding hydrogens is 198 g/mol. The topological polar surface area (TPSA) is 79.5 Å². The molecule has 0 spiro atoms. The maximum absolute atomic E-state index is 11.3. The number of hydrogen-bond acceptors (Lipinski definition) is 3. The number of nitrogens with one attached hydrogen (secondary N) is 3. The molecule has 3 N–H and O–H groups in total. The summed E-state index contributed by atoms with van der Waals surface area (Å²) in [5, 5.41) is 8.01. The van der Waals surface area contributed by atoms with E-state index in [1.165, 1.54) is 6.92 Å². The van der Waals surface area contributed by atoms with Crippen LogP contribution in [-0.2, 0) is 9.53 Å². The molecule has 0 bridgehead atoms. The maximum Gasteiger partial charge on any atom is 0.315 e. The zero-order valence-corrected chi connectivity index (χ0v) is 8.84. The molecule has 0 radical (unpaired) electrons. The summed E-state index contributed by atoms with van der Waals surface area (Å²) >= 11 is 0. The summed E-state index contributed by atoms with van der Waals surface area (Å²) < 4.78 is 5.12. The molecule has 0 aliphatic carbocycles. The third-order valence-corrected chi connectivity index (χ3v) is 2.05. The van der Waals surface area contributed by atoms with Gasteiger partial charge in [-0.2, -0.15) is 0 Å². The maximum atomic E-state index is 11.3. The lowest BCUT2D eigenvalue weighted by molar-refractivity contribution is -0.118. The molecule has 6 nitrogen and oxygen atoms in total. The fraction of sp³-hybridized carbons (Fsp3) is 0.778. The molecule has 0 aromatic heterocycles. The number of carbonyl (C=O) groups excluding carboxylic acids is 2. The Morgan fingerprint density at radius 1 is 1.33 bits per heavy atom. The van der Waals surface area contributed by atoms with Crippen molar-refractivity contribution in [3.63, 3.8) is 0 Å². The standard InChI is InChI=1S/C9H17N3O3/c1-7(13)10-3-4-11-9(14)12-8-2-5-15-6-8/h8H,2-6H2,1H3,(H,10,13)(H2,11,12,14). The minimum absolute atomic E-state index is 0.0959. The Balaban J connectivity index is 2.00. The quantitative estimate of drug-likeness (QED) is 0.538. The number of ether oxygens (including phenoxy) is 1. The summed E-state index contributed by atoms with van der Waals surface area (Å²) in [6.07, 6.45) is 0.860. The Labute approximate surface area is 88.7 Å². The zero-order chi connectivity index (χ0) is 11.1. The molecule has 1 fully saturated rings. The lowest BCUT2D eigenvalue weighted by Gasteiger charge is -2.11. The van der Waals surface area contributed by atoms with Crippen LogP contribution in [0.3, 0.4) is 0 Å². The molecule has 0 saturated carbocycles. The van der Waals surface area contributed by atoms with Gasteiger partial charge in [0, 0.05) is 26.6 Å². The molecule has 3 amide bonds. The van der Waals surface area contributed by atoms with E-state index in [2.05, 4.69) is 16.0 Å². The van der Waals surface area contributed by atoms with E-state index < -0.39 is 0 Å². The zero-order valence-electron chi connectivity index (χ0n) is 8.84. The molecule has 1 unspecified atom stereocenters. The van der Waals surface area contributed by atoms with Gasteiger partial charge in [0.1, 0.15) is 0 Å². The van der Waals surface area contributed by atoms with Crippen LogP contribution in [0.25, 0.3) is 0 Å². The van der Waals surface area contributed by atoms with Gasteiger partial charge < -0.3 is 20.7 Å². The van der Waals surface area contributed by atoms with Gasteiger partial charge in [-0.15, -0.1) is 0 Å². The van der Waals surface area contributed by atoms with Crippen molar-refractivity contribution in [2.75, 3.05) is 26.3 Å². The fourth-order valence-electron chi connectivity index (χ4n) is 1.30. The van der Waals surface area contributed by atoms with Crippen LogP contribution in [0.15, 0.2) is 0 Å². The number of carbonyl (C=O) groups is 2. The number of amides is 3.